The Kier molecular flexibility index (Phi) is 5.14. The monoisotopic (exact) mass is 427 g/mol. The van der Waals surface area contributed by atoms with E-state index in [4.69, 9.17) is 23.2 Å². The summed E-state index contributed by atoms with van der Waals surface area (Å²) < 4.78 is 2.58. The van der Waals surface area contributed by atoms with Crippen molar-refractivity contribution in [2.24, 2.45) is 0 Å². The summed E-state index contributed by atoms with van der Waals surface area (Å²) in [6.45, 7) is 0. The first-order chi connectivity index (χ1) is 8.52. The molecule has 1 N–H and O–H groups in total. The number of thiophene rings is 1. The minimum Gasteiger partial charge on any atom is -0.309 e. The molecule has 0 bridgehead atoms. The van der Waals surface area contributed by atoms with Crippen LogP contribution in [0.2, 0.25) is 9.36 Å². The average Bonchev–Trinajstić information content (AvgIpc) is 2.65. The number of nitrogens with one attached hydrogen (secondary N) is 1. The molecule has 2 rings (SSSR count). The third-order valence-electron chi connectivity index (χ3n) is 2.51. The van der Waals surface area contributed by atoms with Crippen LogP contribution in [0, 0.1) is 0 Å². The Morgan fingerprint density at radius 3 is 2.39 bits per heavy atom. The normalized spacial score (nSPS) is 12.7. The van der Waals surface area contributed by atoms with Crippen LogP contribution in [0.3, 0.4) is 0 Å². The molecule has 96 valence electrons. The molecule has 0 saturated carbocycles. The standard InChI is InChI=1S/C12H9Br2Cl2NS/c1-17-11(10-5-8(14)12(16)18-10)6-2-3-7(13)9(15)4-6/h2-5,11,17H,1H3. The van der Waals surface area contributed by atoms with Gasteiger partial charge in [0, 0.05) is 13.8 Å². The lowest BCUT2D eigenvalue weighted by Gasteiger charge is -2.15. The van der Waals surface area contributed by atoms with Crippen molar-refractivity contribution in [2.75, 3.05) is 7.05 Å². The summed E-state index contributed by atoms with van der Waals surface area (Å²) in [4.78, 5) is 1.15. The van der Waals surface area contributed by atoms with Gasteiger partial charge in [0.05, 0.1) is 11.1 Å². The topological polar surface area (TPSA) is 12.0 Å². The first-order valence-corrected chi connectivity index (χ1v) is 8.25. The molecule has 0 aliphatic heterocycles. The molecule has 1 aromatic carbocycles. The zero-order valence-electron chi connectivity index (χ0n) is 9.31. The van der Waals surface area contributed by atoms with Gasteiger partial charge >= 0.3 is 0 Å². The third kappa shape index (κ3) is 3.11. The van der Waals surface area contributed by atoms with E-state index < -0.39 is 0 Å². The van der Waals surface area contributed by atoms with Gasteiger partial charge in [-0.3, -0.25) is 0 Å². The van der Waals surface area contributed by atoms with Crippen LogP contribution in [0.15, 0.2) is 33.2 Å². The van der Waals surface area contributed by atoms with Crippen molar-refractivity contribution < 1.29 is 0 Å². The minimum absolute atomic E-state index is 0.0874. The van der Waals surface area contributed by atoms with E-state index in [2.05, 4.69) is 37.2 Å². The molecule has 1 heterocycles. The number of benzene rings is 1. The molecular formula is C12H9Br2Cl2NS. The van der Waals surface area contributed by atoms with Crippen LogP contribution in [0.1, 0.15) is 16.5 Å². The molecule has 1 atom stereocenters. The molecule has 1 nitrogen and oxygen atoms in total. The zero-order chi connectivity index (χ0) is 13.3. The summed E-state index contributed by atoms with van der Waals surface area (Å²) in [5.74, 6) is 0. The minimum atomic E-state index is 0.0874. The second-order valence-corrected chi connectivity index (χ2v) is 7.47. The molecule has 0 fully saturated rings. The molecule has 18 heavy (non-hydrogen) atoms. The SMILES string of the molecule is CNC(c1ccc(Br)c(Cl)c1)c1cc(Br)c(Cl)s1. The average molecular weight is 430 g/mol. The van der Waals surface area contributed by atoms with E-state index in [0.29, 0.717) is 5.02 Å². The van der Waals surface area contributed by atoms with E-state index in [0.717, 1.165) is 23.7 Å². The molecule has 0 aliphatic carbocycles. The molecule has 0 radical (unpaired) electrons. The Bertz CT molecular complexity index is 552. The van der Waals surface area contributed by atoms with Crippen LogP contribution < -0.4 is 5.32 Å². The first-order valence-electron chi connectivity index (χ1n) is 5.10. The highest BCUT2D eigenvalue weighted by molar-refractivity contribution is 9.11. The molecule has 1 aromatic heterocycles. The van der Waals surface area contributed by atoms with E-state index in [1.807, 2.05) is 31.3 Å². The molecular weight excluding hydrogens is 421 g/mol. The molecule has 0 amide bonds. The van der Waals surface area contributed by atoms with Crippen molar-refractivity contribution in [1.29, 1.82) is 0 Å². The van der Waals surface area contributed by atoms with Crippen molar-refractivity contribution >= 4 is 66.4 Å². The number of hydrogen-bond acceptors (Lipinski definition) is 2. The lowest BCUT2D eigenvalue weighted by Crippen LogP contribution is -2.16. The molecule has 1 unspecified atom stereocenters. The smallest absolute Gasteiger partial charge is 0.107 e. The molecule has 0 spiro atoms. The Morgan fingerprint density at radius 1 is 1.17 bits per heavy atom. The maximum absolute atomic E-state index is 6.13. The second-order valence-electron chi connectivity index (χ2n) is 3.67. The van der Waals surface area contributed by atoms with Crippen molar-refractivity contribution in [3.8, 4) is 0 Å². The van der Waals surface area contributed by atoms with Crippen LogP contribution in [0.25, 0.3) is 0 Å². The van der Waals surface area contributed by atoms with E-state index in [1.165, 1.54) is 0 Å². The zero-order valence-corrected chi connectivity index (χ0v) is 14.8. The molecule has 0 saturated heterocycles. The number of rotatable bonds is 3. The second kappa shape index (κ2) is 6.25. The number of halogens is 4. The summed E-state index contributed by atoms with van der Waals surface area (Å²) in [5, 5.41) is 3.98. The number of hydrogen-bond donors (Lipinski definition) is 1. The molecule has 2 aromatic rings. The summed E-state index contributed by atoms with van der Waals surface area (Å²) in [5.41, 5.74) is 1.11. The predicted molar refractivity (Wildman–Crippen MR) is 87.1 cm³/mol. The van der Waals surface area contributed by atoms with Gasteiger partial charge in [-0.15, -0.1) is 11.3 Å². The summed E-state index contributed by atoms with van der Waals surface area (Å²) in [6.07, 6.45) is 0. The van der Waals surface area contributed by atoms with E-state index in [-0.39, 0.29) is 6.04 Å². The largest absolute Gasteiger partial charge is 0.309 e. The molecule has 0 aliphatic rings. The highest BCUT2D eigenvalue weighted by Gasteiger charge is 2.17. The van der Waals surface area contributed by atoms with Gasteiger partial charge in [0.2, 0.25) is 0 Å². The van der Waals surface area contributed by atoms with E-state index >= 15 is 0 Å². The van der Waals surface area contributed by atoms with Gasteiger partial charge in [0.25, 0.3) is 0 Å². The van der Waals surface area contributed by atoms with Gasteiger partial charge < -0.3 is 5.32 Å². The van der Waals surface area contributed by atoms with Crippen LogP contribution in [-0.2, 0) is 0 Å². The Balaban J connectivity index is 2.41. The van der Waals surface area contributed by atoms with Gasteiger partial charge in [-0.25, -0.2) is 0 Å². The highest BCUT2D eigenvalue weighted by Crippen LogP contribution is 2.38. The lowest BCUT2D eigenvalue weighted by atomic mass is 10.1. The maximum atomic E-state index is 6.13. The summed E-state index contributed by atoms with van der Waals surface area (Å²) >= 11 is 20.6. The summed E-state index contributed by atoms with van der Waals surface area (Å²) in [7, 11) is 1.92. The Labute approximate surface area is 137 Å². The fraction of sp³-hybridized carbons (Fsp3) is 0.167. The van der Waals surface area contributed by atoms with E-state index in [9.17, 15) is 0 Å². The molecule has 6 heteroatoms. The lowest BCUT2D eigenvalue weighted by molar-refractivity contribution is 0.703. The van der Waals surface area contributed by atoms with Crippen molar-refractivity contribution in [1.82, 2.24) is 5.32 Å². The van der Waals surface area contributed by atoms with Gasteiger partial charge in [-0.2, -0.15) is 0 Å². The van der Waals surface area contributed by atoms with Gasteiger partial charge in [0.1, 0.15) is 4.34 Å². The third-order valence-corrected chi connectivity index (χ3v) is 6.29. The Hall–Kier alpha value is 0.420. The highest BCUT2D eigenvalue weighted by atomic mass is 79.9. The first kappa shape index (κ1) is 14.8. The Morgan fingerprint density at radius 2 is 1.89 bits per heavy atom. The van der Waals surface area contributed by atoms with E-state index in [1.54, 1.807) is 11.3 Å². The van der Waals surface area contributed by atoms with Gasteiger partial charge in [-0.1, -0.05) is 29.3 Å². The fourth-order valence-electron chi connectivity index (χ4n) is 1.67. The van der Waals surface area contributed by atoms with Crippen LogP contribution >= 0.6 is 66.4 Å². The summed E-state index contributed by atoms with van der Waals surface area (Å²) in [6, 6.07) is 8.06. The van der Waals surface area contributed by atoms with Gasteiger partial charge in [0.15, 0.2) is 0 Å². The van der Waals surface area contributed by atoms with Crippen LogP contribution in [-0.4, -0.2) is 7.05 Å². The van der Waals surface area contributed by atoms with Crippen molar-refractivity contribution in [3.05, 3.63) is 53.0 Å². The van der Waals surface area contributed by atoms with Crippen molar-refractivity contribution in [3.63, 3.8) is 0 Å². The van der Waals surface area contributed by atoms with Crippen molar-refractivity contribution in [2.45, 2.75) is 6.04 Å². The van der Waals surface area contributed by atoms with Crippen LogP contribution in [0.5, 0.6) is 0 Å². The van der Waals surface area contributed by atoms with Crippen LogP contribution in [0.4, 0.5) is 0 Å². The van der Waals surface area contributed by atoms with Gasteiger partial charge in [-0.05, 0) is 62.7 Å². The quantitative estimate of drug-likeness (QED) is 0.641. The maximum Gasteiger partial charge on any atom is 0.107 e. The predicted octanol–water partition coefficient (Wildman–Crippen LogP) is 5.89. The fourth-order valence-corrected chi connectivity index (χ4v) is 3.98.